The van der Waals surface area contributed by atoms with Crippen LogP contribution in [-0.4, -0.2) is 56.5 Å². The summed E-state index contributed by atoms with van der Waals surface area (Å²) in [5, 5.41) is 8.72. The molecular weight excluding hydrogens is 254 g/mol. The van der Waals surface area contributed by atoms with Gasteiger partial charge in [0.05, 0.1) is 12.4 Å². The molecule has 0 heterocycles. The number of unbranched alkanes of at least 4 members (excludes halogenated alkanes) is 1. The van der Waals surface area contributed by atoms with Crippen molar-refractivity contribution in [2.24, 2.45) is 0 Å². The topological polar surface area (TPSA) is 66.8 Å². The van der Waals surface area contributed by atoms with E-state index in [1.165, 1.54) is 0 Å². The standard InChI is InChI=1S/C12H27NO4S/c1-4-12(5-2)13(8-10-17-3)18(15,16)11-7-6-9-14/h12,14H,4-11H2,1-3H3. The highest BCUT2D eigenvalue weighted by Gasteiger charge is 2.27. The minimum atomic E-state index is -3.25. The lowest BCUT2D eigenvalue weighted by molar-refractivity contribution is 0.163. The predicted octanol–water partition coefficient (Wildman–Crippen LogP) is 1.23. The summed E-state index contributed by atoms with van der Waals surface area (Å²) in [7, 11) is -1.68. The monoisotopic (exact) mass is 281 g/mol. The highest BCUT2D eigenvalue weighted by atomic mass is 32.2. The van der Waals surface area contributed by atoms with E-state index < -0.39 is 10.0 Å². The number of nitrogens with zero attached hydrogens (tertiary/aromatic N) is 1. The van der Waals surface area contributed by atoms with E-state index in [0.717, 1.165) is 12.8 Å². The van der Waals surface area contributed by atoms with Crippen molar-refractivity contribution in [1.82, 2.24) is 4.31 Å². The van der Waals surface area contributed by atoms with Gasteiger partial charge in [-0.25, -0.2) is 8.42 Å². The van der Waals surface area contributed by atoms with E-state index >= 15 is 0 Å². The zero-order valence-electron chi connectivity index (χ0n) is 11.8. The van der Waals surface area contributed by atoms with Gasteiger partial charge < -0.3 is 9.84 Å². The largest absolute Gasteiger partial charge is 0.396 e. The van der Waals surface area contributed by atoms with Crippen molar-refractivity contribution in [3.63, 3.8) is 0 Å². The van der Waals surface area contributed by atoms with Crippen molar-refractivity contribution in [2.75, 3.05) is 32.6 Å². The molecule has 0 saturated carbocycles. The Morgan fingerprint density at radius 2 is 1.83 bits per heavy atom. The number of ether oxygens (including phenoxy) is 1. The molecule has 0 aromatic heterocycles. The van der Waals surface area contributed by atoms with Gasteiger partial charge in [0.25, 0.3) is 0 Å². The Balaban J connectivity index is 4.69. The first-order valence-electron chi connectivity index (χ1n) is 6.62. The zero-order valence-corrected chi connectivity index (χ0v) is 12.6. The predicted molar refractivity (Wildman–Crippen MR) is 73.1 cm³/mol. The van der Waals surface area contributed by atoms with Crippen molar-refractivity contribution in [1.29, 1.82) is 0 Å². The zero-order chi connectivity index (χ0) is 14.0. The SMILES string of the molecule is CCC(CC)N(CCOC)S(=O)(=O)CCCCO. The van der Waals surface area contributed by atoms with Gasteiger partial charge >= 0.3 is 0 Å². The molecule has 0 aliphatic carbocycles. The molecule has 0 unspecified atom stereocenters. The van der Waals surface area contributed by atoms with Crippen LogP contribution in [0.4, 0.5) is 0 Å². The molecule has 0 rings (SSSR count). The van der Waals surface area contributed by atoms with Gasteiger partial charge in [0, 0.05) is 26.3 Å². The maximum atomic E-state index is 12.3. The Morgan fingerprint density at radius 1 is 1.22 bits per heavy atom. The van der Waals surface area contributed by atoms with E-state index in [4.69, 9.17) is 9.84 Å². The number of hydrogen-bond donors (Lipinski definition) is 1. The summed E-state index contributed by atoms with van der Waals surface area (Å²) in [4.78, 5) is 0. The van der Waals surface area contributed by atoms with Crippen LogP contribution >= 0.6 is 0 Å². The third kappa shape index (κ3) is 6.13. The minimum absolute atomic E-state index is 0.0403. The molecule has 18 heavy (non-hydrogen) atoms. The fourth-order valence-corrected chi connectivity index (χ4v) is 3.85. The van der Waals surface area contributed by atoms with Crippen LogP contribution in [0.25, 0.3) is 0 Å². The summed E-state index contributed by atoms with van der Waals surface area (Å²) < 4.78 is 31.1. The summed E-state index contributed by atoms with van der Waals surface area (Å²) in [5.41, 5.74) is 0. The van der Waals surface area contributed by atoms with Gasteiger partial charge in [-0.1, -0.05) is 13.8 Å². The van der Waals surface area contributed by atoms with Gasteiger partial charge in [0.1, 0.15) is 0 Å². The molecule has 1 N–H and O–H groups in total. The van der Waals surface area contributed by atoms with E-state index in [9.17, 15) is 8.42 Å². The lowest BCUT2D eigenvalue weighted by Crippen LogP contribution is -2.43. The summed E-state index contributed by atoms with van der Waals surface area (Å²) in [6.45, 7) is 4.85. The van der Waals surface area contributed by atoms with Gasteiger partial charge in [-0.3, -0.25) is 0 Å². The number of hydrogen-bond acceptors (Lipinski definition) is 4. The summed E-state index contributed by atoms with van der Waals surface area (Å²) in [6.07, 6.45) is 2.64. The molecular formula is C12H27NO4S. The highest BCUT2D eigenvalue weighted by molar-refractivity contribution is 7.89. The first kappa shape index (κ1) is 17.8. The van der Waals surface area contributed by atoms with Crippen molar-refractivity contribution in [2.45, 2.75) is 45.6 Å². The van der Waals surface area contributed by atoms with Gasteiger partial charge in [0.15, 0.2) is 0 Å². The molecule has 0 aromatic carbocycles. The third-order valence-electron chi connectivity index (χ3n) is 3.03. The quantitative estimate of drug-likeness (QED) is 0.578. The molecule has 5 nitrogen and oxygen atoms in total. The second kappa shape index (κ2) is 9.72. The Bertz CT molecular complexity index is 288. The molecule has 110 valence electrons. The number of aliphatic hydroxyl groups excluding tert-OH is 1. The number of sulfonamides is 1. The van der Waals surface area contributed by atoms with Crippen LogP contribution in [0.15, 0.2) is 0 Å². The number of aliphatic hydroxyl groups is 1. The molecule has 0 radical (unpaired) electrons. The lowest BCUT2D eigenvalue weighted by atomic mass is 10.2. The fraction of sp³-hybridized carbons (Fsp3) is 1.00. The Hall–Kier alpha value is -0.170. The van der Waals surface area contributed by atoms with Crippen LogP contribution < -0.4 is 0 Å². The van der Waals surface area contributed by atoms with Gasteiger partial charge in [-0.2, -0.15) is 4.31 Å². The second-order valence-electron chi connectivity index (χ2n) is 4.32. The maximum absolute atomic E-state index is 12.3. The van der Waals surface area contributed by atoms with Crippen LogP contribution in [0.3, 0.4) is 0 Å². The van der Waals surface area contributed by atoms with E-state index in [1.54, 1.807) is 11.4 Å². The second-order valence-corrected chi connectivity index (χ2v) is 6.36. The molecule has 6 heteroatoms. The van der Waals surface area contributed by atoms with Crippen LogP contribution in [-0.2, 0) is 14.8 Å². The van der Waals surface area contributed by atoms with Crippen LogP contribution in [0.5, 0.6) is 0 Å². The summed E-state index contributed by atoms with van der Waals surface area (Å²) in [6, 6.07) is 0.0410. The number of rotatable bonds is 11. The normalized spacial score (nSPS) is 12.6. The number of methoxy groups -OCH3 is 1. The van der Waals surface area contributed by atoms with Crippen molar-refractivity contribution in [3.05, 3.63) is 0 Å². The summed E-state index contributed by atoms with van der Waals surface area (Å²) >= 11 is 0. The fourth-order valence-electron chi connectivity index (χ4n) is 1.94. The van der Waals surface area contributed by atoms with Crippen molar-refractivity contribution < 1.29 is 18.3 Å². The van der Waals surface area contributed by atoms with E-state index in [-0.39, 0.29) is 18.4 Å². The van der Waals surface area contributed by atoms with E-state index in [1.807, 2.05) is 13.8 Å². The van der Waals surface area contributed by atoms with Crippen LogP contribution in [0.1, 0.15) is 39.5 Å². The average molecular weight is 281 g/mol. The third-order valence-corrected chi connectivity index (χ3v) is 5.03. The molecule has 0 atom stereocenters. The molecule has 0 spiro atoms. The van der Waals surface area contributed by atoms with Crippen molar-refractivity contribution in [3.8, 4) is 0 Å². The van der Waals surface area contributed by atoms with Crippen LogP contribution in [0, 0.1) is 0 Å². The van der Waals surface area contributed by atoms with Gasteiger partial charge in [0.2, 0.25) is 10.0 Å². The summed E-state index contributed by atoms with van der Waals surface area (Å²) in [5.74, 6) is 0.105. The first-order valence-corrected chi connectivity index (χ1v) is 8.23. The highest BCUT2D eigenvalue weighted by Crippen LogP contribution is 2.15. The van der Waals surface area contributed by atoms with Gasteiger partial charge in [-0.15, -0.1) is 0 Å². The molecule has 0 aliphatic rings. The Kier molecular flexibility index (Phi) is 9.63. The molecule has 0 amide bonds. The molecule has 0 fully saturated rings. The molecule has 0 bridgehead atoms. The first-order chi connectivity index (χ1) is 8.53. The maximum Gasteiger partial charge on any atom is 0.214 e. The average Bonchev–Trinajstić information content (AvgIpc) is 2.34. The Labute approximate surface area is 111 Å². The smallest absolute Gasteiger partial charge is 0.214 e. The Morgan fingerprint density at radius 3 is 2.28 bits per heavy atom. The molecule has 0 aromatic rings. The minimum Gasteiger partial charge on any atom is -0.396 e. The molecule has 0 saturated heterocycles. The van der Waals surface area contributed by atoms with Crippen LogP contribution in [0.2, 0.25) is 0 Å². The van der Waals surface area contributed by atoms with Gasteiger partial charge in [-0.05, 0) is 25.7 Å². The van der Waals surface area contributed by atoms with E-state index in [2.05, 4.69) is 0 Å². The van der Waals surface area contributed by atoms with E-state index in [0.29, 0.717) is 26.0 Å². The molecule has 0 aliphatic heterocycles. The lowest BCUT2D eigenvalue weighted by Gasteiger charge is -2.29. The van der Waals surface area contributed by atoms with Crippen molar-refractivity contribution >= 4 is 10.0 Å².